The van der Waals surface area contributed by atoms with Crippen LogP contribution in [0.25, 0.3) is 0 Å². The highest BCUT2D eigenvalue weighted by Gasteiger charge is 2.32. The molecule has 1 unspecified atom stereocenters. The van der Waals surface area contributed by atoms with E-state index in [9.17, 15) is 13.2 Å². The van der Waals surface area contributed by atoms with E-state index in [-0.39, 0.29) is 5.56 Å². The van der Waals surface area contributed by atoms with Crippen molar-refractivity contribution < 1.29 is 13.2 Å². The molecule has 0 saturated heterocycles. The van der Waals surface area contributed by atoms with Crippen LogP contribution >= 0.6 is 0 Å². The molecule has 1 aromatic rings. The predicted molar refractivity (Wildman–Crippen MR) is 86.3 cm³/mol. The van der Waals surface area contributed by atoms with Crippen LogP contribution in [0.4, 0.5) is 13.2 Å². The molecule has 0 aliphatic rings. The van der Waals surface area contributed by atoms with Gasteiger partial charge >= 0.3 is 6.18 Å². The third-order valence-electron chi connectivity index (χ3n) is 3.67. The van der Waals surface area contributed by atoms with Gasteiger partial charge in [0.25, 0.3) is 0 Å². The number of nitrogens with zero attached hydrogens (tertiary/aromatic N) is 1. The highest BCUT2D eigenvalue weighted by atomic mass is 19.4. The fourth-order valence-corrected chi connectivity index (χ4v) is 2.17. The average molecular weight is 311 g/mol. The van der Waals surface area contributed by atoms with Gasteiger partial charge in [0.05, 0.1) is 11.1 Å². The molecule has 0 spiro atoms. The normalized spacial score (nSPS) is 15.2. The van der Waals surface area contributed by atoms with Crippen LogP contribution in [-0.2, 0) is 6.18 Å². The second-order valence-corrected chi connectivity index (χ2v) is 6.19. The van der Waals surface area contributed by atoms with E-state index in [4.69, 9.17) is 0 Å². The number of hydrogen-bond donors (Lipinski definition) is 0. The SMILES string of the molecule is C=CC(C)(CCCC(C)C)N=Cc1ccccc1C(F)(F)F. The Morgan fingerprint density at radius 1 is 1.23 bits per heavy atom. The highest BCUT2D eigenvalue weighted by molar-refractivity contribution is 5.82. The Labute approximate surface area is 131 Å². The summed E-state index contributed by atoms with van der Waals surface area (Å²) in [6.07, 6.45) is 1.47. The molecule has 0 aromatic heterocycles. The van der Waals surface area contributed by atoms with Crippen molar-refractivity contribution >= 4 is 6.21 Å². The first-order valence-corrected chi connectivity index (χ1v) is 7.53. The molecule has 1 nitrogen and oxygen atoms in total. The number of hydrogen-bond acceptors (Lipinski definition) is 1. The minimum atomic E-state index is -4.37. The maximum atomic E-state index is 13.0. The van der Waals surface area contributed by atoms with Crippen LogP contribution in [0.5, 0.6) is 0 Å². The molecular formula is C18H24F3N. The van der Waals surface area contributed by atoms with Gasteiger partial charge in [-0.3, -0.25) is 4.99 Å². The summed E-state index contributed by atoms with van der Waals surface area (Å²) in [5.74, 6) is 0.601. The molecule has 22 heavy (non-hydrogen) atoms. The molecule has 0 aliphatic heterocycles. The lowest BCUT2D eigenvalue weighted by Crippen LogP contribution is -2.19. The number of halogens is 3. The van der Waals surface area contributed by atoms with Crippen molar-refractivity contribution in [3.63, 3.8) is 0 Å². The molecule has 1 rings (SSSR count). The van der Waals surface area contributed by atoms with Crippen molar-refractivity contribution in [1.82, 2.24) is 0 Å². The highest BCUT2D eigenvalue weighted by Crippen LogP contribution is 2.31. The largest absolute Gasteiger partial charge is 0.417 e. The zero-order valence-corrected chi connectivity index (χ0v) is 13.5. The van der Waals surface area contributed by atoms with Crippen molar-refractivity contribution in [3.05, 3.63) is 48.0 Å². The van der Waals surface area contributed by atoms with Crippen LogP contribution in [0, 0.1) is 5.92 Å². The maximum absolute atomic E-state index is 13.0. The standard InChI is InChI=1S/C18H24F3N/c1-5-17(4,12-8-9-14(2)3)22-13-15-10-6-7-11-16(15)18(19,20)21/h5-7,10-11,13-14H,1,8-9,12H2,2-4H3. The Morgan fingerprint density at radius 2 is 1.86 bits per heavy atom. The molecule has 1 atom stereocenters. The molecular weight excluding hydrogens is 287 g/mol. The molecule has 0 radical (unpaired) electrons. The van der Waals surface area contributed by atoms with Gasteiger partial charge in [0.2, 0.25) is 0 Å². The second-order valence-electron chi connectivity index (χ2n) is 6.19. The van der Waals surface area contributed by atoms with E-state index in [0.29, 0.717) is 5.92 Å². The molecule has 4 heteroatoms. The summed E-state index contributed by atoms with van der Waals surface area (Å²) in [7, 11) is 0. The summed E-state index contributed by atoms with van der Waals surface area (Å²) in [5.41, 5.74) is -1.10. The van der Waals surface area contributed by atoms with Gasteiger partial charge in [-0.15, -0.1) is 6.58 Å². The molecule has 0 aliphatic carbocycles. The summed E-state index contributed by atoms with van der Waals surface area (Å²) in [4.78, 5) is 4.37. The van der Waals surface area contributed by atoms with Crippen molar-refractivity contribution in [3.8, 4) is 0 Å². The fourth-order valence-electron chi connectivity index (χ4n) is 2.17. The van der Waals surface area contributed by atoms with Crippen molar-refractivity contribution in [1.29, 1.82) is 0 Å². The van der Waals surface area contributed by atoms with Crippen molar-refractivity contribution in [2.45, 2.75) is 51.7 Å². The van der Waals surface area contributed by atoms with Gasteiger partial charge in [-0.2, -0.15) is 13.2 Å². The van der Waals surface area contributed by atoms with Gasteiger partial charge in [0.15, 0.2) is 0 Å². The zero-order chi connectivity index (χ0) is 16.8. The van der Waals surface area contributed by atoms with E-state index >= 15 is 0 Å². The Balaban J connectivity index is 2.91. The number of benzene rings is 1. The van der Waals surface area contributed by atoms with E-state index in [0.717, 1.165) is 25.3 Å². The van der Waals surface area contributed by atoms with Crippen LogP contribution in [0.1, 0.15) is 51.2 Å². The number of rotatable bonds is 7. The smallest absolute Gasteiger partial charge is 0.282 e. The summed E-state index contributed by atoms with van der Waals surface area (Å²) in [6.45, 7) is 9.97. The number of alkyl halides is 3. The van der Waals surface area contributed by atoms with E-state index < -0.39 is 17.3 Å². The van der Waals surface area contributed by atoms with Crippen LogP contribution in [0.3, 0.4) is 0 Å². The Hall–Kier alpha value is -1.58. The summed E-state index contributed by atoms with van der Waals surface area (Å²) >= 11 is 0. The lowest BCUT2D eigenvalue weighted by atomic mass is 9.93. The van der Waals surface area contributed by atoms with Crippen LogP contribution in [-0.4, -0.2) is 11.8 Å². The molecule has 122 valence electrons. The van der Waals surface area contributed by atoms with E-state index in [1.807, 2.05) is 6.92 Å². The fraction of sp³-hybridized carbons (Fsp3) is 0.500. The van der Waals surface area contributed by atoms with Gasteiger partial charge in [0, 0.05) is 11.8 Å². The molecule has 1 aromatic carbocycles. The first-order chi connectivity index (χ1) is 10.2. The van der Waals surface area contributed by atoms with E-state index in [2.05, 4.69) is 25.4 Å². The van der Waals surface area contributed by atoms with Gasteiger partial charge in [-0.05, 0) is 25.3 Å². The Bertz CT molecular complexity index is 517. The predicted octanol–water partition coefficient (Wildman–Crippen LogP) is 5.90. The summed E-state index contributed by atoms with van der Waals surface area (Å²) < 4.78 is 38.9. The molecule has 0 heterocycles. The van der Waals surface area contributed by atoms with Crippen LogP contribution in [0.2, 0.25) is 0 Å². The van der Waals surface area contributed by atoms with E-state index in [1.165, 1.54) is 18.3 Å². The van der Waals surface area contributed by atoms with Gasteiger partial charge in [0.1, 0.15) is 0 Å². The van der Waals surface area contributed by atoms with Gasteiger partial charge < -0.3 is 0 Å². The Kier molecular flexibility index (Phi) is 6.39. The molecule has 0 bridgehead atoms. The third-order valence-corrected chi connectivity index (χ3v) is 3.67. The molecule has 0 fully saturated rings. The summed E-state index contributed by atoms with van der Waals surface area (Å²) in [6, 6.07) is 5.48. The first-order valence-electron chi connectivity index (χ1n) is 7.53. The Morgan fingerprint density at radius 3 is 2.41 bits per heavy atom. The molecule has 0 saturated carbocycles. The monoisotopic (exact) mass is 311 g/mol. The summed E-state index contributed by atoms with van der Waals surface area (Å²) in [5, 5.41) is 0. The van der Waals surface area contributed by atoms with Gasteiger partial charge in [-0.25, -0.2) is 0 Å². The second kappa shape index (κ2) is 7.61. The average Bonchev–Trinajstić information content (AvgIpc) is 2.44. The number of aliphatic imine (C=N–C) groups is 1. The third kappa shape index (κ3) is 5.66. The lowest BCUT2D eigenvalue weighted by Gasteiger charge is -2.21. The maximum Gasteiger partial charge on any atom is 0.417 e. The first kappa shape index (κ1) is 18.5. The molecule has 0 N–H and O–H groups in total. The van der Waals surface area contributed by atoms with Crippen molar-refractivity contribution in [2.24, 2.45) is 10.9 Å². The topological polar surface area (TPSA) is 12.4 Å². The van der Waals surface area contributed by atoms with Gasteiger partial charge in [-0.1, -0.05) is 51.0 Å². The van der Waals surface area contributed by atoms with E-state index in [1.54, 1.807) is 12.1 Å². The van der Waals surface area contributed by atoms with Crippen molar-refractivity contribution in [2.75, 3.05) is 0 Å². The minimum absolute atomic E-state index is 0.0898. The lowest BCUT2D eigenvalue weighted by molar-refractivity contribution is -0.137. The van der Waals surface area contributed by atoms with Crippen LogP contribution < -0.4 is 0 Å². The molecule has 0 amide bonds. The zero-order valence-electron chi connectivity index (χ0n) is 13.5. The minimum Gasteiger partial charge on any atom is -0.282 e. The van der Waals surface area contributed by atoms with Crippen LogP contribution in [0.15, 0.2) is 41.9 Å². The quantitative estimate of drug-likeness (QED) is 0.439.